The van der Waals surface area contributed by atoms with Gasteiger partial charge in [-0.1, -0.05) is 52.0 Å². The van der Waals surface area contributed by atoms with Crippen LogP contribution >= 0.6 is 0 Å². The lowest BCUT2D eigenvalue weighted by molar-refractivity contribution is 0.799. The van der Waals surface area contributed by atoms with Crippen molar-refractivity contribution in [2.24, 2.45) is 0 Å². The van der Waals surface area contributed by atoms with Gasteiger partial charge in [0, 0.05) is 45.8 Å². The molecule has 40 heavy (non-hydrogen) atoms. The molecule has 4 heterocycles. The topological polar surface area (TPSA) is 109 Å². The summed E-state index contributed by atoms with van der Waals surface area (Å²) < 4.78 is 0. The molecule has 0 atom stereocenters. The van der Waals surface area contributed by atoms with Gasteiger partial charge in [-0.05, 0) is 34.0 Å². The molecule has 4 aromatic carbocycles. The predicted octanol–water partition coefficient (Wildman–Crippen LogP) is 7.55. The molecule has 0 aliphatic rings. The first-order valence-electron chi connectivity index (χ1n) is 13.6. The third-order valence-corrected chi connectivity index (χ3v) is 7.90. The lowest BCUT2D eigenvalue weighted by atomic mass is 9.95. The minimum absolute atomic E-state index is 0.285. The van der Waals surface area contributed by atoms with Gasteiger partial charge in [-0.15, -0.1) is 0 Å². The number of hydrogen-bond donors (Lipinski definition) is 2. The number of nitrogens with zero attached hydrogens (tertiary/aromatic N) is 6. The molecule has 0 saturated carbocycles. The van der Waals surface area contributed by atoms with Crippen LogP contribution < -0.4 is 0 Å². The van der Waals surface area contributed by atoms with Crippen molar-refractivity contribution < 1.29 is 0 Å². The smallest absolute Gasteiger partial charge is 0.116 e. The summed E-state index contributed by atoms with van der Waals surface area (Å²) in [5.74, 6) is 2.49. The molecule has 8 rings (SSSR count). The van der Waals surface area contributed by atoms with Gasteiger partial charge in [0.15, 0.2) is 0 Å². The lowest BCUT2D eigenvalue weighted by Crippen LogP contribution is -1.89. The van der Waals surface area contributed by atoms with Crippen LogP contribution in [-0.2, 0) is 0 Å². The number of benzene rings is 4. The second-order valence-electron chi connectivity index (χ2n) is 11.1. The van der Waals surface area contributed by atoms with Gasteiger partial charge in [0.1, 0.15) is 24.3 Å². The Bertz CT molecular complexity index is 2130. The fourth-order valence-electron chi connectivity index (χ4n) is 5.82. The predicted molar refractivity (Wildman–Crippen MR) is 161 cm³/mol. The van der Waals surface area contributed by atoms with E-state index < -0.39 is 0 Å². The van der Waals surface area contributed by atoms with Crippen LogP contribution in [0.15, 0.2) is 61.4 Å². The average Bonchev–Trinajstić information content (AvgIpc) is 3.64. The monoisotopic (exact) mass is 522 g/mol. The molecule has 8 aromatic rings. The molecular formula is C32H26N8. The Labute approximate surface area is 229 Å². The highest BCUT2D eigenvalue weighted by molar-refractivity contribution is 6.24. The summed E-state index contributed by atoms with van der Waals surface area (Å²) in [6.07, 6.45) is 7.00. The quantitative estimate of drug-likeness (QED) is 0.232. The Balaban J connectivity index is 1.41. The maximum Gasteiger partial charge on any atom is 0.116 e. The largest absolute Gasteiger partial charge is 0.340 e. The molecule has 194 valence electrons. The van der Waals surface area contributed by atoms with Gasteiger partial charge in [-0.25, -0.2) is 29.9 Å². The van der Waals surface area contributed by atoms with Crippen molar-refractivity contribution in [1.29, 1.82) is 0 Å². The van der Waals surface area contributed by atoms with Gasteiger partial charge in [0.25, 0.3) is 0 Å². The lowest BCUT2D eigenvalue weighted by Gasteiger charge is -2.10. The number of rotatable bonds is 3. The third kappa shape index (κ3) is 3.19. The molecule has 0 aliphatic heterocycles. The van der Waals surface area contributed by atoms with E-state index in [0.29, 0.717) is 0 Å². The third-order valence-electron chi connectivity index (χ3n) is 7.90. The number of aromatic nitrogens is 8. The zero-order chi connectivity index (χ0) is 27.1. The first kappa shape index (κ1) is 23.0. The Kier molecular flexibility index (Phi) is 4.74. The fraction of sp³-hybridized carbons (Fsp3) is 0.188. The first-order chi connectivity index (χ1) is 19.5. The van der Waals surface area contributed by atoms with E-state index in [1.54, 1.807) is 12.7 Å². The number of aromatic amines is 2. The maximum atomic E-state index is 4.97. The second kappa shape index (κ2) is 8.26. The Morgan fingerprint density at radius 3 is 1.40 bits per heavy atom. The highest BCUT2D eigenvalue weighted by Crippen LogP contribution is 2.38. The number of fused-ring (bicyclic) bond motifs is 12. The minimum Gasteiger partial charge on any atom is -0.340 e. The summed E-state index contributed by atoms with van der Waals surface area (Å²) in [4.78, 5) is 35.0. The maximum absolute atomic E-state index is 4.97. The second-order valence-corrected chi connectivity index (χ2v) is 11.1. The summed E-state index contributed by atoms with van der Waals surface area (Å²) in [5.41, 5.74) is 7.79. The molecule has 0 saturated heterocycles. The van der Waals surface area contributed by atoms with Crippen molar-refractivity contribution in [1.82, 2.24) is 39.9 Å². The molecule has 0 bridgehead atoms. The van der Waals surface area contributed by atoms with Crippen LogP contribution in [0.1, 0.15) is 51.2 Å². The van der Waals surface area contributed by atoms with Crippen molar-refractivity contribution in [2.45, 2.75) is 39.5 Å². The molecule has 0 unspecified atom stereocenters. The molecule has 8 nitrogen and oxygen atoms in total. The number of H-pyrrole nitrogens is 2. The molecular weight excluding hydrogens is 496 g/mol. The van der Waals surface area contributed by atoms with Gasteiger partial charge < -0.3 is 9.97 Å². The Morgan fingerprint density at radius 2 is 0.975 bits per heavy atom. The molecule has 8 heteroatoms. The summed E-state index contributed by atoms with van der Waals surface area (Å²) in [6.45, 7) is 8.57. The molecule has 0 radical (unpaired) electrons. The first-order valence-corrected chi connectivity index (χ1v) is 13.6. The van der Waals surface area contributed by atoms with E-state index in [4.69, 9.17) is 9.97 Å². The van der Waals surface area contributed by atoms with Gasteiger partial charge in [-0.2, -0.15) is 0 Å². The van der Waals surface area contributed by atoms with Crippen molar-refractivity contribution in [3.8, 4) is 11.1 Å². The number of hydrogen-bond acceptors (Lipinski definition) is 6. The van der Waals surface area contributed by atoms with Crippen molar-refractivity contribution in [3.63, 3.8) is 0 Å². The van der Waals surface area contributed by atoms with Crippen molar-refractivity contribution in [2.75, 3.05) is 0 Å². The summed E-state index contributed by atoms with van der Waals surface area (Å²) >= 11 is 0. The fourth-order valence-corrected chi connectivity index (χ4v) is 5.82. The summed E-state index contributed by atoms with van der Waals surface area (Å²) in [5, 5.41) is 6.35. The van der Waals surface area contributed by atoms with E-state index in [9.17, 15) is 0 Å². The van der Waals surface area contributed by atoms with Crippen LogP contribution in [0.5, 0.6) is 0 Å². The highest BCUT2D eigenvalue weighted by atomic mass is 15.0. The van der Waals surface area contributed by atoms with Crippen molar-refractivity contribution >= 4 is 65.4 Å². The summed E-state index contributed by atoms with van der Waals surface area (Å²) in [7, 11) is 0. The standard InChI is InChI=1S/C32H26N8/c1-15(2)31-37-27-19-7-5-17(9-21(19)23-11-33-13-35-25(23)29(27)39-31)18-6-8-20-22(10-18)24-12-34-14-36-26(24)30-28(20)38-32(40-30)16(3)4/h5-16H,1-4H3,(H,37,39)(H,38,40). The Hall–Kier alpha value is -4.98. The van der Waals surface area contributed by atoms with Gasteiger partial charge in [0.05, 0.1) is 33.1 Å². The van der Waals surface area contributed by atoms with Crippen LogP contribution in [0, 0.1) is 0 Å². The van der Waals surface area contributed by atoms with Crippen molar-refractivity contribution in [3.05, 3.63) is 73.1 Å². The zero-order valence-corrected chi connectivity index (χ0v) is 22.6. The van der Waals surface area contributed by atoms with Gasteiger partial charge >= 0.3 is 0 Å². The number of imidazole rings is 2. The van der Waals surface area contributed by atoms with E-state index >= 15 is 0 Å². The molecule has 4 aromatic heterocycles. The molecule has 0 aliphatic carbocycles. The minimum atomic E-state index is 0.285. The van der Waals surface area contributed by atoms with Crippen LogP contribution in [0.4, 0.5) is 0 Å². The normalized spacial score (nSPS) is 12.4. The van der Waals surface area contributed by atoms with Gasteiger partial charge in [0.2, 0.25) is 0 Å². The summed E-state index contributed by atoms with van der Waals surface area (Å²) in [6, 6.07) is 13.1. The van der Waals surface area contributed by atoms with Crippen LogP contribution in [0.2, 0.25) is 0 Å². The van der Waals surface area contributed by atoms with E-state index in [0.717, 1.165) is 88.2 Å². The molecule has 0 fully saturated rings. The average molecular weight is 523 g/mol. The van der Waals surface area contributed by atoms with Crippen LogP contribution in [0.3, 0.4) is 0 Å². The van der Waals surface area contributed by atoms with Crippen LogP contribution in [0.25, 0.3) is 76.5 Å². The zero-order valence-electron chi connectivity index (χ0n) is 22.6. The van der Waals surface area contributed by atoms with E-state index in [1.807, 2.05) is 12.4 Å². The molecule has 0 amide bonds. The van der Waals surface area contributed by atoms with Gasteiger partial charge in [-0.3, -0.25) is 0 Å². The number of nitrogens with one attached hydrogen (secondary N) is 2. The highest BCUT2D eigenvalue weighted by Gasteiger charge is 2.18. The SMILES string of the molecule is CC(C)c1nc2c3ccc(-c4ccc5c(c4)c4cncnc4c4[nH]c(C(C)C)nc54)cc3c3cncnc3c2[nH]1. The van der Waals surface area contributed by atoms with E-state index in [-0.39, 0.29) is 11.8 Å². The van der Waals surface area contributed by atoms with E-state index in [1.165, 1.54) is 0 Å². The van der Waals surface area contributed by atoms with Crippen LogP contribution in [-0.4, -0.2) is 39.9 Å². The van der Waals surface area contributed by atoms with E-state index in [2.05, 4.69) is 94.0 Å². The Morgan fingerprint density at radius 1 is 0.525 bits per heavy atom. The molecule has 2 N–H and O–H groups in total. The molecule has 0 spiro atoms.